The summed E-state index contributed by atoms with van der Waals surface area (Å²) in [5.41, 5.74) is -1.15. The smallest absolute Gasteiger partial charge is 0.317 e. The van der Waals surface area contributed by atoms with Crippen LogP contribution in [0.4, 0.5) is 4.79 Å². The molecule has 0 aromatic rings. The zero-order valence-corrected chi connectivity index (χ0v) is 12.6. The molecule has 1 aliphatic heterocycles. The minimum atomic E-state index is -1.15. The second kappa shape index (κ2) is 7.26. The molecule has 1 saturated heterocycles. The summed E-state index contributed by atoms with van der Waals surface area (Å²) in [5.74, 6) is -1.27. The molecule has 8 nitrogen and oxygen atoms in total. The number of rotatable bonds is 6. The number of hydrogen-bond donors (Lipinski definition) is 3. The lowest BCUT2D eigenvalue weighted by Crippen LogP contribution is -2.53. The van der Waals surface area contributed by atoms with Crippen molar-refractivity contribution in [3.63, 3.8) is 0 Å². The number of likely N-dealkylation sites (N-methyl/N-ethyl adjacent to an activating group) is 1. The molecule has 1 fully saturated rings. The van der Waals surface area contributed by atoms with Gasteiger partial charge < -0.3 is 25.4 Å². The molecule has 0 aromatic heterocycles. The van der Waals surface area contributed by atoms with Crippen LogP contribution in [0.2, 0.25) is 0 Å². The number of carboxylic acids is 1. The maximum atomic E-state index is 12.0. The van der Waals surface area contributed by atoms with Crippen LogP contribution in [0.25, 0.3) is 0 Å². The predicted octanol–water partition coefficient (Wildman–Crippen LogP) is -0.356. The molecule has 3 N–H and O–H groups in total. The molecule has 0 aliphatic carbocycles. The fourth-order valence-electron chi connectivity index (χ4n) is 1.95. The lowest BCUT2D eigenvalue weighted by atomic mass is 9.85. The van der Waals surface area contributed by atoms with E-state index in [0.717, 1.165) is 6.42 Å². The van der Waals surface area contributed by atoms with Gasteiger partial charge in [-0.2, -0.15) is 0 Å². The number of ether oxygens (including phenoxy) is 1. The first kappa shape index (κ1) is 17.2. The highest BCUT2D eigenvalue weighted by molar-refractivity contribution is 5.84. The molecular formula is C13H23N3O5. The van der Waals surface area contributed by atoms with Crippen molar-refractivity contribution in [2.45, 2.75) is 26.3 Å². The van der Waals surface area contributed by atoms with Gasteiger partial charge in [-0.25, -0.2) is 4.79 Å². The summed E-state index contributed by atoms with van der Waals surface area (Å²) in [5, 5.41) is 14.5. The molecule has 8 heteroatoms. The van der Waals surface area contributed by atoms with Crippen LogP contribution < -0.4 is 10.6 Å². The number of nitrogens with zero attached hydrogens (tertiary/aromatic N) is 1. The van der Waals surface area contributed by atoms with Gasteiger partial charge in [0.1, 0.15) is 12.0 Å². The van der Waals surface area contributed by atoms with Crippen molar-refractivity contribution < 1.29 is 24.2 Å². The van der Waals surface area contributed by atoms with Gasteiger partial charge in [-0.05, 0) is 13.3 Å². The van der Waals surface area contributed by atoms with E-state index >= 15 is 0 Å². The Morgan fingerprint density at radius 1 is 1.43 bits per heavy atom. The van der Waals surface area contributed by atoms with E-state index in [-0.39, 0.29) is 25.7 Å². The Kier molecular flexibility index (Phi) is 5.95. The van der Waals surface area contributed by atoms with Crippen LogP contribution in [0.15, 0.2) is 0 Å². The van der Waals surface area contributed by atoms with E-state index in [1.54, 1.807) is 0 Å². The van der Waals surface area contributed by atoms with Gasteiger partial charge in [0.2, 0.25) is 5.91 Å². The summed E-state index contributed by atoms with van der Waals surface area (Å²) in [4.78, 5) is 36.0. The molecule has 21 heavy (non-hydrogen) atoms. The summed E-state index contributed by atoms with van der Waals surface area (Å²) < 4.78 is 5.16. The Balaban J connectivity index is 2.52. The fraction of sp³-hybridized carbons (Fsp3) is 0.769. The van der Waals surface area contributed by atoms with Crippen molar-refractivity contribution in [1.82, 2.24) is 15.5 Å². The third-order valence-electron chi connectivity index (χ3n) is 3.54. The molecule has 0 saturated carbocycles. The minimum Gasteiger partial charge on any atom is -0.481 e. The van der Waals surface area contributed by atoms with Gasteiger partial charge in [-0.1, -0.05) is 6.92 Å². The first-order chi connectivity index (χ1) is 9.81. The first-order valence-corrected chi connectivity index (χ1v) is 6.90. The summed E-state index contributed by atoms with van der Waals surface area (Å²) in [6.45, 7) is 4.13. The Hall–Kier alpha value is -1.83. The Bertz CT molecular complexity index is 415. The molecule has 2 unspecified atom stereocenters. The molecule has 2 atom stereocenters. The molecule has 0 aromatic carbocycles. The SMILES string of the molecule is CCCNC(=O)CN(C)C(=O)NC1COCC1(C)C(=O)O. The summed E-state index contributed by atoms with van der Waals surface area (Å²) in [6, 6.07) is -1.12. The number of carbonyl (C=O) groups is 3. The van der Waals surface area contributed by atoms with Crippen molar-refractivity contribution >= 4 is 17.9 Å². The maximum absolute atomic E-state index is 12.0. The largest absolute Gasteiger partial charge is 0.481 e. The average Bonchev–Trinajstić information content (AvgIpc) is 2.79. The van der Waals surface area contributed by atoms with Crippen molar-refractivity contribution in [2.24, 2.45) is 5.41 Å². The molecular weight excluding hydrogens is 278 g/mol. The van der Waals surface area contributed by atoms with Crippen LogP contribution in [-0.2, 0) is 14.3 Å². The number of carbonyl (C=O) groups excluding carboxylic acids is 2. The van der Waals surface area contributed by atoms with Crippen LogP contribution in [0.1, 0.15) is 20.3 Å². The predicted molar refractivity (Wildman–Crippen MR) is 74.8 cm³/mol. The number of amides is 3. The Labute approximate surface area is 123 Å². The molecule has 0 spiro atoms. The van der Waals surface area contributed by atoms with E-state index in [1.807, 2.05) is 6.92 Å². The fourth-order valence-corrected chi connectivity index (χ4v) is 1.95. The van der Waals surface area contributed by atoms with E-state index in [9.17, 15) is 19.5 Å². The van der Waals surface area contributed by atoms with E-state index in [1.165, 1.54) is 18.9 Å². The summed E-state index contributed by atoms with van der Waals surface area (Å²) in [7, 11) is 1.48. The second-order valence-electron chi connectivity index (χ2n) is 5.45. The summed E-state index contributed by atoms with van der Waals surface area (Å²) in [6.07, 6.45) is 0.817. The van der Waals surface area contributed by atoms with Crippen molar-refractivity contribution in [3.05, 3.63) is 0 Å². The monoisotopic (exact) mass is 301 g/mol. The van der Waals surface area contributed by atoms with Crippen molar-refractivity contribution in [3.8, 4) is 0 Å². The Morgan fingerprint density at radius 3 is 2.67 bits per heavy atom. The number of nitrogens with one attached hydrogen (secondary N) is 2. The molecule has 0 radical (unpaired) electrons. The van der Waals surface area contributed by atoms with Gasteiger partial charge >= 0.3 is 12.0 Å². The lowest BCUT2D eigenvalue weighted by Gasteiger charge is -2.27. The van der Waals surface area contributed by atoms with Crippen LogP contribution in [0.3, 0.4) is 0 Å². The van der Waals surface area contributed by atoms with Gasteiger partial charge in [0.25, 0.3) is 0 Å². The van der Waals surface area contributed by atoms with Crippen molar-refractivity contribution in [1.29, 1.82) is 0 Å². The number of carboxylic acid groups (broad SMARTS) is 1. The highest BCUT2D eigenvalue weighted by atomic mass is 16.5. The first-order valence-electron chi connectivity index (χ1n) is 6.90. The number of hydrogen-bond acceptors (Lipinski definition) is 4. The number of urea groups is 1. The zero-order chi connectivity index (χ0) is 16.0. The average molecular weight is 301 g/mol. The molecule has 1 heterocycles. The molecule has 0 bridgehead atoms. The molecule has 3 amide bonds. The molecule has 1 rings (SSSR count). The van der Waals surface area contributed by atoms with E-state index < -0.39 is 23.5 Å². The minimum absolute atomic E-state index is 0.0496. The standard InChI is InChI=1S/C13H23N3O5/c1-4-5-14-10(17)6-16(3)12(20)15-9-7-21-8-13(9,2)11(18)19/h9H,4-8H2,1-3H3,(H,14,17)(H,15,20)(H,18,19). The number of aliphatic carboxylic acids is 1. The van der Waals surface area contributed by atoms with E-state index in [4.69, 9.17) is 4.74 Å². The topological polar surface area (TPSA) is 108 Å². The van der Waals surface area contributed by atoms with E-state index in [0.29, 0.717) is 6.54 Å². The Morgan fingerprint density at radius 2 is 2.10 bits per heavy atom. The van der Waals surface area contributed by atoms with Crippen LogP contribution in [0, 0.1) is 5.41 Å². The highest BCUT2D eigenvalue weighted by Crippen LogP contribution is 2.28. The molecule has 1 aliphatic rings. The van der Waals surface area contributed by atoms with Crippen LogP contribution in [0.5, 0.6) is 0 Å². The second-order valence-corrected chi connectivity index (χ2v) is 5.45. The van der Waals surface area contributed by atoms with Gasteiger partial charge in [-0.3, -0.25) is 9.59 Å². The highest BCUT2D eigenvalue weighted by Gasteiger charge is 2.47. The van der Waals surface area contributed by atoms with Crippen LogP contribution in [-0.4, -0.2) is 67.3 Å². The van der Waals surface area contributed by atoms with Gasteiger partial charge in [-0.15, -0.1) is 0 Å². The van der Waals surface area contributed by atoms with Gasteiger partial charge in [0.15, 0.2) is 0 Å². The molecule has 120 valence electrons. The van der Waals surface area contributed by atoms with Crippen LogP contribution >= 0.6 is 0 Å². The lowest BCUT2D eigenvalue weighted by molar-refractivity contribution is -0.148. The van der Waals surface area contributed by atoms with Gasteiger partial charge in [0, 0.05) is 13.6 Å². The quantitative estimate of drug-likeness (QED) is 0.621. The van der Waals surface area contributed by atoms with Crippen molar-refractivity contribution in [2.75, 3.05) is 33.4 Å². The normalized spacial score (nSPS) is 24.4. The third kappa shape index (κ3) is 4.32. The maximum Gasteiger partial charge on any atom is 0.317 e. The zero-order valence-electron chi connectivity index (χ0n) is 12.6. The third-order valence-corrected chi connectivity index (χ3v) is 3.54. The van der Waals surface area contributed by atoms with E-state index in [2.05, 4.69) is 10.6 Å². The summed E-state index contributed by atoms with van der Waals surface area (Å²) >= 11 is 0. The van der Waals surface area contributed by atoms with Gasteiger partial charge in [0.05, 0.1) is 19.3 Å².